The molecular weight excluding hydrogens is 378 g/mol. The van der Waals surface area contributed by atoms with Gasteiger partial charge >= 0.3 is 0 Å². The van der Waals surface area contributed by atoms with Crippen LogP contribution in [0.25, 0.3) is 0 Å². The fourth-order valence-electron chi connectivity index (χ4n) is 2.63. The van der Waals surface area contributed by atoms with Gasteiger partial charge in [0.15, 0.2) is 0 Å². The van der Waals surface area contributed by atoms with Crippen molar-refractivity contribution in [2.45, 2.75) is 6.92 Å². The Bertz CT molecular complexity index is 991. The van der Waals surface area contributed by atoms with Crippen molar-refractivity contribution < 1.29 is 14.3 Å². The molecule has 6 nitrogen and oxygen atoms in total. The van der Waals surface area contributed by atoms with Gasteiger partial charge in [0.1, 0.15) is 17.3 Å². The molecule has 144 valence electrons. The molecule has 1 aromatic heterocycles. The van der Waals surface area contributed by atoms with E-state index >= 15 is 0 Å². The molecule has 0 aliphatic carbocycles. The molecule has 1 amide bonds. The summed E-state index contributed by atoms with van der Waals surface area (Å²) in [5.74, 6) is 1.35. The van der Waals surface area contributed by atoms with Crippen molar-refractivity contribution in [1.29, 1.82) is 0 Å². The maximum Gasteiger partial charge on any atom is 0.256 e. The molecule has 0 aliphatic heterocycles. The third-order valence-electron chi connectivity index (χ3n) is 4.04. The van der Waals surface area contributed by atoms with Gasteiger partial charge < -0.3 is 20.1 Å². The molecule has 0 radical (unpaired) electrons. The molecule has 2 aromatic carbocycles. The first-order valence-corrected chi connectivity index (χ1v) is 8.90. The number of aryl methyl sites for hydroxylation is 1. The number of benzene rings is 2. The Morgan fingerprint density at radius 3 is 2.46 bits per heavy atom. The van der Waals surface area contributed by atoms with Gasteiger partial charge in [-0.2, -0.15) is 0 Å². The van der Waals surface area contributed by atoms with Gasteiger partial charge in [-0.1, -0.05) is 29.3 Å². The van der Waals surface area contributed by atoms with Crippen molar-refractivity contribution in [3.63, 3.8) is 0 Å². The van der Waals surface area contributed by atoms with E-state index in [-0.39, 0.29) is 5.91 Å². The Kier molecular flexibility index (Phi) is 6.01. The number of amides is 1. The Labute approximate surface area is 168 Å². The number of methoxy groups -OCH3 is 2. The highest BCUT2D eigenvalue weighted by Gasteiger charge is 2.11. The molecule has 0 bridgehead atoms. The topological polar surface area (TPSA) is 72.5 Å². The van der Waals surface area contributed by atoms with Crippen LogP contribution in [-0.4, -0.2) is 25.1 Å². The number of pyridine rings is 1. The Morgan fingerprint density at radius 1 is 1.04 bits per heavy atom. The van der Waals surface area contributed by atoms with E-state index in [1.807, 2.05) is 25.1 Å². The summed E-state index contributed by atoms with van der Waals surface area (Å²) in [7, 11) is 3.11. The third-order valence-corrected chi connectivity index (χ3v) is 4.33. The number of hydrogen-bond donors (Lipinski definition) is 2. The van der Waals surface area contributed by atoms with Crippen LogP contribution < -0.4 is 20.1 Å². The highest BCUT2D eigenvalue weighted by molar-refractivity contribution is 6.32. The summed E-state index contributed by atoms with van der Waals surface area (Å²) in [6, 6.07) is 14.3. The molecular formula is C21H20ClN3O3. The lowest BCUT2D eigenvalue weighted by Gasteiger charge is -2.14. The smallest absolute Gasteiger partial charge is 0.256 e. The third kappa shape index (κ3) is 4.53. The molecule has 0 saturated heterocycles. The fourth-order valence-corrected chi connectivity index (χ4v) is 2.86. The van der Waals surface area contributed by atoms with Crippen LogP contribution in [0.2, 0.25) is 5.02 Å². The number of ether oxygens (including phenoxy) is 2. The SMILES string of the molecule is COc1cc(Nc2ccc(NC(=O)c3cccc(C)c3)nc2)c(OC)cc1Cl. The number of hydrogen-bond acceptors (Lipinski definition) is 5. The first-order valence-electron chi connectivity index (χ1n) is 8.53. The van der Waals surface area contributed by atoms with Gasteiger partial charge in [-0.25, -0.2) is 4.98 Å². The lowest BCUT2D eigenvalue weighted by atomic mass is 10.1. The number of halogens is 1. The molecule has 3 rings (SSSR count). The molecule has 0 fully saturated rings. The zero-order valence-electron chi connectivity index (χ0n) is 15.7. The normalized spacial score (nSPS) is 10.3. The maximum atomic E-state index is 12.3. The van der Waals surface area contributed by atoms with Crippen LogP contribution >= 0.6 is 11.6 Å². The lowest BCUT2D eigenvalue weighted by molar-refractivity contribution is 0.102. The molecule has 0 spiro atoms. The maximum absolute atomic E-state index is 12.3. The zero-order valence-corrected chi connectivity index (χ0v) is 16.5. The van der Waals surface area contributed by atoms with E-state index in [1.54, 1.807) is 50.7 Å². The van der Waals surface area contributed by atoms with Crippen LogP contribution in [0.1, 0.15) is 15.9 Å². The minimum absolute atomic E-state index is 0.207. The summed E-state index contributed by atoms with van der Waals surface area (Å²) < 4.78 is 10.6. The monoisotopic (exact) mass is 397 g/mol. The quantitative estimate of drug-likeness (QED) is 0.608. The molecule has 1 heterocycles. The highest BCUT2D eigenvalue weighted by atomic mass is 35.5. The van der Waals surface area contributed by atoms with Gasteiger partial charge in [-0.05, 0) is 31.2 Å². The van der Waals surface area contributed by atoms with Gasteiger partial charge in [0.25, 0.3) is 5.91 Å². The van der Waals surface area contributed by atoms with Gasteiger partial charge in [-0.3, -0.25) is 4.79 Å². The molecule has 28 heavy (non-hydrogen) atoms. The van der Waals surface area contributed by atoms with Gasteiger partial charge in [0.05, 0.1) is 36.8 Å². The van der Waals surface area contributed by atoms with E-state index in [4.69, 9.17) is 21.1 Å². The molecule has 3 aromatic rings. The minimum Gasteiger partial charge on any atom is -0.495 e. The minimum atomic E-state index is -0.207. The predicted molar refractivity (Wildman–Crippen MR) is 111 cm³/mol. The second-order valence-corrected chi connectivity index (χ2v) is 6.47. The molecule has 0 atom stereocenters. The van der Waals surface area contributed by atoms with Crippen molar-refractivity contribution in [2.75, 3.05) is 24.9 Å². The van der Waals surface area contributed by atoms with Gasteiger partial charge in [0.2, 0.25) is 0 Å². The van der Waals surface area contributed by atoms with Gasteiger partial charge in [-0.15, -0.1) is 0 Å². The summed E-state index contributed by atoms with van der Waals surface area (Å²) in [6.07, 6.45) is 1.62. The molecule has 7 heteroatoms. The zero-order chi connectivity index (χ0) is 20.1. The lowest BCUT2D eigenvalue weighted by Crippen LogP contribution is -2.13. The van der Waals surface area contributed by atoms with E-state index in [2.05, 4.69) is 15.6 Å². The Morgan fingerprint density at radius 2 is 1.82 bits per heavy atom. The van der Waals surface area contributed by atoms with Crippen molar-refractivity contribution in [1.82, 2.24) is 4.98 Å². The molecule has 2 N–H and O–H groups in total. The van der Waals surface area contributed by atoms with Crippen LogP contribution in [0.5, 0.6) is 11.5 Å². The fraction of sp³-hybridized carbons (Fsp3) is 0.143. The van der Waals surface area contributed by atoms with Crippen LogP contribution in [0.15, 0.2) is 54.7 Å². The summed E-state index contributed by atoms with van der Waals surface area (Å²) >= 11 is 6.13. The number of nitrogens with zero attached hydrogens (tertiary/aromatic N) is 1. The summed E-state index contributed by atoms with van der Waals surface area (Å²) in [5.41, 5.74) is 3.01. The van der Waals surface area contributed by atoms with E-state index in [9.17, 15) is 4.79 Å². The molecule has 0 saturated carbocycles. The number of aromatic nitrogens is 1. The van der Waals surface area contributed by atoms with Gasteiger partial charge in [0, 0.05) is 17.7 Å². The predicted octanol–water partition coefficient (Wildman–Crippen LogP) is 5.06. The van der Waals surface area contributed by atoms with E-state index in [0.717, 1.165) is 11.3 Å². The van der Waals surface area contributed by atoms with Crippen LogP contribution in [0.3, 0.4) is 0 Å². The second kappa shape index (κ2) is 8.63. The first-order chi connectivity index (χ1) is 13.5. The van der Waals surface area contributed by atoms with E-state index < -0.39 is 0 Å². The molecule has 0 unspecified atom stereocenters. The van der Waals surface area contributed by atoms with Crippen LogP contribution in [-0.2, 0) is 0 Å². The number of carbonyl (C=O) groups is 1. The number of nitrogens with one attached hydrogen (secondary N) is 2. The molecule has 0 aliphatic rings. The summed E-state index contributed by atoms with van der Waals surface area (Å²) in [4.78, 5) is 16.6. The second-order valence-electron chi connectivity index (χ2n) is 6.07. The first kappa shape index (κ1) is 19.5. The van der Waals surface area contributed by atoms with Crippen molar-refractivity contribution in [3.8, 4) is 11.5 Å². The van der Waals surface area contributed by atoms with Crippen molar-refractivity contribution >= 4 is 34.7 Å². The van der Waals surface area contributed by atoms with E-state index in [1.165, 1.54) is 0 Å². The standard InChI is InChI=1S/C21H20ClN3O3/c1-13-5-4-6-14(9-13)21(26)25-20-8-7-15(12-23-20)24-17-11-18(27-2)16(22)10-19(17)28-3/h4-12,24H,1-3H3,(H,23,25,26). The van der Waals surface area contributed by atoms with Crippen LogP contribution in [0, 0.1) is 6.92 Å². The number of anilines is 3. The largest absolute Gasteiger partial charge is 0.495 e. The summed E-state index contributed by atoms with van der Waals surface area (Å²) in [6.45, 7) is 1.94. The highest BCUT2D eigenvalue weighted by Crippen LogP contribution is 2.37. The average Bonchev–Trinajstić information content (AvgIpc) is 2.70. The summed E-state index contributed by atoms with van der Waals surface area (Å²) in [5, 5.41) is 6.45. The average molecular weight is 398 g/mol. The van der Waals surface area contributed by atoms with E-state index in [0.29, 0.717) is 33.6 Å². The van der Waals surface area contributed by atoms with Crippen molar-refractivity contribution in [3.05, 3.63) is 70.9 Å². The Balaban J connectivity index is 1.74. The Hall–Kier alpha value is -3.25. The number of carbonyl (C=O) groups excluding carboxylic acids is 1. The van der Waals surface area contributed by atoms with Crippen molar-refractivity contribution in [2.24, 2.45) is 0 Å². The number of rotatable bonds is 6. The van der Waals surface area contributed by atoms with Crippen LogP contribution in [0.4, 0.5) is 17.2 Å².